The van der Waals surface area contributed by atoms with Crippen LogP contribution in [-0.4, -0.2) is 36.6 Å². The molecule has 6 heteroatoms. The third kappa shape index (κ3) is 4.46. The standard InChI is InChI=1S/C22H23N3O3/c1-4-28-16-9-7-8-15(12-16)18-13-19(17-10-5-6-11-20(17)27-3)25-21(24-18)14-22(26)23-2/h5-13H,4,14H2,1-3H3,(H,23,26). The zero-order valence-electron chi connectivity index (χ0n) is 16.2. The van der Waals surface area contributed by atoms with E-state index in [0.29, 0.717) is 23.9 Å². The minimum absolute atomic E-state index is 0.0949. The topological polar surface area (TPSA) is 73.3 Å². The lowest BCUT2D eigenvalue weighted by atomic mass is 10.1. The predicted octanol–water partition coefficient (Wildman–Crippen LogP) is 3.51. The van der Waals surface area contributed by atoms with Crippen LogP contribution in [0.3, 0.4) is 0 Å². The molecule has 0 aliphatic rings. The number of nitrogens with one attached hydrogen (secondary N) is 1. The monoisotopic (exact) mass is 377 g/mol. The van der Waals surface area contributed by atoms with E-state index >= 15 is 0 Å². The van der Waals surface area contributed by atoms with Gasteiger partial charge in [-0.25, -0.2) is 9.97 Å². The van der Waals surface area contributed by atoms with Crippen molar-refractivity contribution < 1.29 is 14.3 Å². The minimum Gasteiger partial charge on any atom is -0.496 e. The van der Waals surface area contributed by atoms with Crippen molar-refractivity contribution in [1.82, 2.24) is 15.3 Å². The molecule has 0 bridgehead atoms. The lowest BCUT2D eigenvalue weighted by molar-refractivity contribution is -0.120. The summed E-state index contributed by atoms with van der Waals surface area (Å²) in [6.45, 7) is 2.53. The van der Waals surface area contributed by atoms with Crippen LogP contribution in [-0.2, 0) is 11.2 Å². The molecule has 0 aliphatic heterocycles. The maximum absolute atomic E-state index is 11.9. The van der Waals surface area contributed by atoms with Crippen LogP contribution >= 0.6 is 0 Å². The number of amides is 1. The summed E-state index contributed by atoms with van der Waals surface area (Å²) < 4.78 is 11.1. The van der Waals surface area contributed by atoms with Crippen molar-refractivity contribution in [3.63, 3.8) is 0 Å². The summed E-state index contributed by atoms with van der Waals surface area (Å²) in [5.41, 5.74) is 3.15. The SMILES string of the molecule is CCOc1cccc(-c2cc(-c3ccccc3OC)nc(CC(=O)NC)n2)c1. The molecule has 2 aromatic carbocycles. The summed E-state index contributed by atoms with van der Waals surface area (Å²) in [7, 11) is 3.22. The van der Waals surface area contributed by atoms with E-state index in [1.807, 2.05) is 61.5 Å². The van der Waals surface area contributed by atoms with Crippen molar-refractivity contribution in [3.05, 3.63) is 60.4 Å². The number of carbonyl (C=O) groups is 1. The molecule has 28 heavy (non-hydrogen) atoms. The van der Waals surface area contributed by atoms with Crippen LogP contribution in [0.5, 0.6) is 11.5 Å². The van der Waals surface area contributed by atoms with E-state index in [0.717, 1.165) is 22.6 Å². The molecule has 0 fully saturated rings. The lowest BCUT2D eigenvalue weighted by Crippen LogP contribution is -2.21. The van der Waals surface area contributed by atoms with E-state index in [-0.39, 0.29) is 12.3 Å². The smallest absolute Gasteiger partial charge is 0.227 e. The third-order valence-corrected chi connectivity index (χ3v) is 4.19. The largest absolute Gasteiger partial charge is 0.496 e. The Kier molecular flexibility index (Phi) is 6.22. The summed E-state index contributed by atoms with van der Waals surface area (Å²) >= 11 is 0. The highest BCUT2D eigenvalue weighted by molar-refractivity contribution is 5.78. The van der Waals surface area contributed by atoms with Crippen molar-refractivity contribution in [2.24, 2.45) is 0 Å². The van der Waals surface area contributed by atoms with Gasteiger partial charge in [-0.1, -0.05) is 24.3 Å². The summed E-state index contributed by atoms with van der Waals surface area (Å²) in [5.74, 6) is 1.78. The molecule has 1 heterocycles. The number of methoxy groups -OCH3 is 1. The molecule has 0 spiro atoms. The molecule has 3 aromatic rings. The molecule has 6 nitrogen and oxygen atoms in total. The summed E-state index contributed by atoms with van der Waals surface area (Å²) in [5, 5.41) is 2.62. The van der Waals surface area contributed by atoms with Crippen LogP contribution in [0.15, 0.2) is 54.6 Å². The summed E-state index contributed by atoms with van der Waals surface area (Å²) in [6, 6.07) is 17.3. The first kappa shape index (κ1) is 19.4. The number of para-hydroxylation sites is 1. The van der Waals surface area contributed by atoms with Gasteiger partial charge in [-0.05, 0) is 37.3 Å². The quantitative estimate of drug-likeness (QED) is 0.682. The second-order valence-electron chi connectivity index (χ2n) is 6.07. The molecule has 1 N–H and O–H groups in total. The zero-order valence-corrected chi connectivity index (χ0v) is 16.2. The molecule has 0 unspecified atom stereocenters. The van der Waals surface area contributed by atoms with Crippen molar-refractivity contribution in [1.29, 1.82) is 0 Å². The van der Waals surface area contributed by atoms with Crippen molar-refractivity contribution in [3.8, 4) is 34.0 Å². The highest BCUT2D eigenvalue weighted by Crippen LogP contribution is 2.31. The molecule has 0 saturated heterocycles. The number of nitrogens with zero attached hydrogens (tertiary/aromatic N) is 2. The number of aromatic nitrogens is 2. The molecule has 144 valence electrons. The van der Waals surface area contributed by atoms with Crippen LogP contribution < -0.4 is 14.8 Å². The average Bonchev–Trinajstić information content (AvgIpc) is 2.73. The molecule has 1 amide bonds. The fourth-order valence-corrected chi connectivity index (χ4v) is 2.86. The van der Waals surface area contributed by atoms with Gasteiger partial charge in [0, 0.05) is 18.2 Å². The molecule has 0 saturated carbocycles. The Morgan fingerprint density at radius 1 is 1.04 bits per heavy atom. The molecule has 0 radical (unpaired) electrons. The Balaban J connectivity index is 2.13. The molecule has 3 rings (SSSR count). The average molecular weight is 377 g/mol. The van der Waals surface area contributed by atoms with E-state index in [1.54, 1.807) is 14.2 Å². The van der Waals surface area contributed by atoms with Crippen LogP contribution in [0, 0.1) is 0 Å². The Morgan fingerprint density at radius 2 is 1.82 bits per heavy atom. The van der Waals surface area contributed by atoms with Gasteiger partial charge in [-0.3, -0.25) is 4.79 Å². The fraction of sp³-hybridized carbons (Fsp3) is 0.227. The number of rotatable bonds is 7. The van der Waals surface area contributed by atoms with Gasteiger partial charge in [0.15, 0.2) is 0 Å². The van der Waals surface area contributed by atoms with Crippen LogP contribution in [0.25, 0.3) is 22.5 Å². The van der Waals surface area contributed by atoms with Crippen LogP contribution in [0.1, 0.15) is 12.7 Å². The number of likely N-dealkylation sites (N-methyl/N-ethyl adjacent to an activating group) is 1. The number of hydrogen-bond donors (Lipinski definition) is 1. The predicted molar refractivity (Wildman–Crippen MR) is 108 cm³/mol. The van der Waals surface area contributed by atoms with Gasteiger partial charge in [0.2, 0.25) is 5.91 Å². The van der Waals surface area contributed by atoms with Gasteiger partial charge in [0.05, 0.1) is 31.5 Å². The number of ether oxygens (including phenoxy) is 2. The van der Waals surface area contributed by atoms with Crippen LogP contribution in [0.4, 0.5) is 0 Å². The number of hydrogen-bond acceptors (Lipinski definition) is 5. The first-order valence-corrected chi connectivity index (χ1v) is 9.09. The first-order valence-electron chi connectivity index (χ1n) is 9.09. The van der Waals surface area contributed by atoms with Crippen LogP contribution in [0.2, 0.25) is 0 Å². The lowest BCUT2D eigenvalue weighted by Gasteiger charge is -2.12. The van der Waals surface area contributed by atoms with Gasteiger partial charge in [-0.15, -0.1) is 0 Å². The Bertz CT molecular complexity index is 973. The van der Waals surface area contributed by atoms with Gasteiger partial charge >= 0.3 is 0 Å². The Morgan fingerprint density at radius 3 is 2.57 bits per heavy atom. The van der Waals surface area contributed by atoms with E-state index in [1.165, 1.54) is 0 Å². The highest BCUT2D eigenvalue weighted by atomic mass is 16.5. The maximum Gasteiger partial charge on any atom is 0.227 e. The van der Waals surface area contributed by atoms with Gasteiger partial charge < -0.3 is 14.8 Å². The van der Waals surface area contributed by atoms with E-state index in [2.05, 4.69) is 15.3 Å². The second kappa shape index (κ2) is 8.99. The van der Waals surface area contributed by atoms with Gasteiger partial charge in [-0.2, -0.15) is 0 Å². The van der Waals surface area contributed by atoms with Crippen molar-refractivity contribution in [2.75, 3.05) is 20.8 Å². The summed E-state index contributed by atoms with van der Waals surface area (Å²) in [6.07, 6.45) is 0.0949. The zero-order chi connectivity index (χ0) is 19.9. The maximum atomic E-state index is 11.9. The van der Waals surface area contributed by atoms with E-state index < -0.39 is 0 Å². The Hall–Kier alpha value is -3.41. The highest BCUT2D eigenvalue weighted by Gasteiger charge is 2.14. The molecule has 0 atom stereocenters. The number of benzene rings is 2. The second-order valence-corrected chi connectivity index (χ2v) is 6.07. The molecule has 0 aliphatic carbocycles. The summed E-state index contributed by atoms with van der Waals surface area (Å²) in [4.78, 5) is 21.1. The molecular formula is C22H23N3O3. The third-order valence-electron chi connectivity index (χ3n) is 4.19. The first-order chi connectivity index (χ1) is 13.6. The van der Waals surface area contributed by atoms with E-state index in [9.17, 15) is 4.79 Å². The normalized spacial score (nSPS) is 10.4. The fourth-order valence-electron chi connectivity index (χ4n) is 2.86. The number of carbonyl (C=O) groups excluding carboxylic acids is 1. The Labute approximate surface area is 164 Å². The molecule has 1 aromatic heterocycles. The van der Waals surface area contributed by atoms with E-state index in [4.69, 9.17) is 9.47 Å². The minimum atomic E-state index is -0.147. The molecular weight excluding hydrogens is 354 g/mol. The van der Waals surface area contributed by atoms with Gasteiger partial charge in [0.1, 0.15) is 17.3 Å². The van der Waals surface area contributed by atoms with Crippen molar-refractivity contribution >= 4 is 5.91 Å². The van der Waals surface area contributed by atoms with Gasteiger partial charge in [0.25, 0.3) is 0 Å². The van der Waals surface area contributed by atoms with Crippen molar-refractivity contribution in [2.45, 2.75) is 13.3 Å².